The van der Waals surface area contributed by atoms with E-state index in [2.05, 4.69) is 0 Å². The van der Waals surface area contributed by atoms with Gasteiger partial charge in [-0.1, -0.05) is 12.1 Å². The molecule has 0 bridgehead atoms. The molecule has 0 aliphatic heterocycles. The summed E-state index contributed by atoms with van der Waals surface area (Å²) >= 11 is 5.54. The van der Waals surface area contributed by atoms with Crippen molar-refractivity contribution in [2.24, 2.45) is 0 Å². The van der Waals surface area contributed by atoms with Crippen LogP contribution in [-0.2, 0) is 26.5 Å². The van der Waals surface area contributed by atoms with E-state index in [1.165, 1.54) is 12.1 Å². The van der Waals surface area contributed by atoms with Crippen LogP contribution in [0.5, 0.6) is 0 Å². The van der Waals surface area contributed by atoms with E-state index in [1.807, 2.05) is 0 Å². The van der Waals surface area contributed by atoms with Crippen molar-refractivity contribution < 1.29 is 16.8 Å². The van der Waals surface area contributed by atoms with E-state index in [9.17, 15) is 16.8 Å². The number of hydrogen-bond acceptors (Lipinski definition) is 4. The Bertz CT molecular complexity index is 578. The molecule has 1 aromatic carbocycles. The maximum Gasteiger partial charge on any atom is 0.253 e. The fourth-order valence-electron chi connectivity index (χ4n) is 1.19. The van der Waals surface area contributed by atoms with Crippen LogP contribution in [0.15, 0.2) is 29.2 Å². The standard InChI is InChI=1S/C9H12ClNO4S2/c1-16(12,13)11-17(14,15)9-4-2-8(3-5-9)6-7-10/h2-5,11H,6-7H2,1H3. The molecule has 0 spiro atoms. The van der Waals surface area contributed by atoms with Crippen molar-refractivity contribution in [3.63, 3.8) is 0 Å². The molecule has 0 aliphatic rings. The van der Waals surface area contributed by atoms with Gasteiger partial charge >= 0.3 is 0 Å². The van der Waals surface area contributed by atoms with Gasteiger partial charge in [0.2, 0.25) is 10.0 Å². The first-order chi connectivity index (χ1) is 7.74. The SMILES string of the molecule is CS(=O)(=O)NS(=O)(=O)c1ccc(CCCl)cc1. The summed E-state index contributed by atoms with van der Waals surface area (Å²) in [5.74, 6) is 0.438. The zero-order chi connectivity index (χ0) is 13.1. The molecule has 0 unspecified atom stereocenters. The highest BCUT2D eigenvalue weighted by Gasteiger charge is 2.18. The van der Waals surface area contributed by atoms with Crippen LogP contribution in [-0.4, -0.2) is 29.0 Å². The number of sulfonamides is 2. The monoisotopic (exact) mass is 297 g/mol. The largest absolute Gasteiger partial charge is 0.253 e. The minimum atomic E-state index is -4.02. The Hall–Kier alpha value is -0.630. The summed E-state index contributed by atoms with van der Waals surface area (Å²) in [6.45, 7) is 0. The van der Waals surface area contributed by atoms with Crippen molar-refractivity contribution in [2.75, 3.05) is 12.1 Å². The van der Waals surface area contributed by atoms with Gasteiger partial charge in [-0.25, -0.2) is 16.8 Å². The molecule has 96 valence electrons. The first-order valence-corrected chi connectivity index (χ1v) is 8.54. The summed E-state index contributed by atoms with van der Waals surface area (Å²) in [7, 11) is -7.83. The molecule has 0 aromatic heterocycles. The maximum atomic E-state index is 11.6. The van der Waals surface area contributed by atoms with E-state index in [0.717, 1.165) is 11.8 Å². The van der Waals surface area contributed by atoms with Crippen molar-refractivity contribution in [3.05, 3.63) is 29.8 Å². The normalized spacial score (nSPS) is 12.6. The Balaban J connectivity index is 3.01. The second-order valence-corrected chi connectivity index (χ2v) is 7.51. The molecule has 0 amide bonds. The van der Waals surface area contributed by atoms with E-state index in [0.29, 0.717) is 12.3 Å². The zero-order valence-electron chi connectivity index (χ0n) is 9.05. The Labute approximate surface area is 106 Å². The smallest absolute Gasteiger partial charge is 0.212 e. The average molecular weight is 298 g/mol. The molecular weight excluding hydrogens is 286 g/mol. The van der Waals surface area contributed by atoms with Gasteiger partial charge in [-0.15, -0.1) is 15.7 Å². The fraction of sp³-hybridized carbons (Fsp3) is 0.333. The molecule has 0 atom stereocenters. The van der Waals surface area contributed by atoms with E-state index in [-0.39, 0.29) is 4.90 Å². The van der Waals surface area contributed by atoms with Gasteiger partial charge in [-0.3, -0.25) is 0 Å². The summed E-state index contributed by atoms with van der Waals surface area (Å²) in [5, 5.41) is 0. The predicted octanol–water partition coefficient (Wildman–Crippen LogP) is 0.706. The Morgan fingerprint density at radius 3 is 2.06 bits per heavy atom. The molecule has 0 fully saturated rings. The van der Waals surface area contributed by atoms with E-state index in [4.69, 9.17) is 11.6 Å². The first-order valence-electron chi connectivity index (χ1n) is 4.63. The Kier molecular flexibility index (Phi) is 4.54. The van der Waals surface area contributed by atoms with Crippen molar-refractivity contribution in [1.82, 2.24) is 4.13 Å². The van der Waals surface area contributed by atoms with E-state index >= 15 is 0 Å². The molecule has 0 radical (unpaired) electrons. The number of benzene rings is 1. The Morgan fingerprint density at radius 2 is 1.65 bits per heavy atom. The molecule has 17 heavy (non-hydrogen) atoms. The quantitative estimate of drug-likeness (QED) is 0.812. The highest BCUT2D eigenvalue weighted by Crippen LogP contribution is 2.11. The van der Waals surface area contributed by atoms with Gasteiger partial charge in [0.1, 0.15) is 0 Å². The third-order valence-electron chi connectivity index (χ3n) is 1.88. The second kappa shape index (κ2) is 5.34. The summed E-state index contributed by atoms with van der Waals surface area (Å²) in [5.41, 5.74) is 0.887. The summed E-state index contributed by atoms with van der Waals surface area (Å²) in [6, 6.07) is 5.88. The lowest BCUT2D eigenvalue weighted by molar-refractivity contribution is 0.580. The summed E-state index contributed by atoms with van der Waals surface area (Å²) in [6.07, 6.45) is 1.41. The first kappa shape index (κ1) is 14.4. The molecule has 0 saturated heterocycles. The average Bonchev–Trinajstić information content (AvgIpc) is 2.15. The lowest BCUT2D eigenvalue weighted by Gasteiger charge is -2.05. The lowest BCUT2D eigenvalue weighted by Crippen LogP contribution is -2.29. The van der Waals surface area contributed by atoms with Gasteiger partial charge in [0, 0.05) is 5.88 Å². The summed E-state index contributed by atoms with van der Waals surface area (Å²) < 4.78 is 46.5. The van der Waals surface area contributed by atoms with Gasteiger partial charge in [0.15, 0.2) is 0 Å². The van der Waals surface area contributed by atoms with Crippen LogP contribution in [0, 0.1) is 0 Å². The second-order valence-electron chi connectivity index (χ2n) is 3.44. The highest BCUT2D eigenvalue weighted by molar-refractivity contribution is 8.04. The van der Waals surface area contributed by atoms with Crippen molar-refractivity contribution in [2.45, 2.75) is 11.3 Å². The molecule has 5 nitrogen and oxygen atoms in total. The summed E-state index contributed by atoms with van der Waals surface area (Å²) in [4.78, 5) is -0.0961. The topological polar surface area (TPSA) is 80.3 Å². The van der Waals surface area contributed by atoms with Gasteiger partial charge in [-0.05, 0) is 24.1 Å². The molecule has 0 heterocycles. The third-order valence-corrected chi connectivity index (χ3v) is 5.05. The lowest BCUT2D eigenvalue weighted by atomic mass is 10.2. The number of rotatable bonds is 5. The van der Waals surface area contributed by atoms with Crippen molar-refractivity contribution >= 4 is 31.6 Å². The molecule has 0 saturated carbocycles. The zero-order valence-corrected chi connectivity index (χ0v) is 11.4. The third kappa shape index (κ3) is 4.63. The molecular formula is C9H12ClNO4S2. The van der Waals surface area contributed by atoms with E-state index < -0.39 is 20.0 Å². The van der Waals surface area contributed by atoms with Gasteiger partial charge in [0.05, 0.1) is 11.2 Å². The van der Waals surface area contributed by atoms with Gasteiger partial charge in [0.25, 0.3) is 10.0 Å². The number of alkyl halides is 1. The number of halogens is 1. The number of aryl methyl sites for hydroxylation is 1. The van der Waals surface area contributed by atoms with Crippen molar-refractivity contribution in [1.29, 1.82) is 0 Å². The van der Waals surface area contributed by atoms with Crippen LogP contribution < -0.4 is 4.13 Å². The fourth-order valence-corrected chi connectivity index (χ4v) is 3.88. The van der Waals surface area contributed by atoms with Crippen LogP contribution in [0.4, 0.5) is 0 Å². The molecule has 8 heteroatoms. The van der Waals surface area contributed by atoms with Crippen LogP contribution >= 0.6 is 11.6 Å². The minimum Gasteiger partial charge on any atom is -0.212 e. The van der Waals surface area contributed by atoms with Gasteiger partial charge < -0.3 is 0 Å². The van der Waals surface area contributed by atoms with Crippen LogP contribution in [0.25, 0.3) is 0 Å². The van der Waals surface area contributed by atoms with Crippen LogP contribution in [0.1, 0.15) is 5.56 Å². The Morgan fingerprint density at radius 1 is 1.12 bits per heavy atom. The van der Waals surface area contributed by atoms with Crippen LogP contribution in [0.2, 0.25) is 0 Å². The van der Waals surface area contributed by atoms with Crippen molar-refractivity contribution in [3.8, 4) is 0 Å². The number of nitrogens with one attached hydrogen (secondary N) is 1. The molecule has 1 aromatic rings. The molecule has 1 N–H and O–H groups in total. The number of hydrogen-bond donors (Lipinski definition) is 1. The predicted molar refractivity (Wildman–Crippen MR) is 66.0 cm³/mol. The van der Waals surface area contributed by atoms with Gasteiger partial charge in [-0.2, -0.15) is 0 Å². The van der Waals surface area contributed by atoms with Crippen LogP contribution in [0.3, 0.4) is 0 Å². The minimum absolute atomic E-state index is 0.0961. The van der Waals surface area contributed by atoms with E-state index in [1.54, 1.807) is 16.3 Å². The molecule has 1 rings (SSSR count). The molecule has 0 aliphatic carbocycles. The highest BCUT2D eigenvalue weighted by atomic mass is 35.5. The maximum absolute atomic E-state index is 11.6.